The van der Waals surface area contributed by atoms with Crippen LogP contribution in [0.25, 0.3) is 0 Å². The minimum Gasteiger partial charge on any atom is -0.340 e. The van der Waals surface area contributed by atoms with Crippen molar-refractivity contribution in [1.82, 2.24) is 4.57 Å². The highest BCUT2D eigenvalue weighted by Crippen LogP contribution is 2.20. The Morgan fingerprint density at radius 1 is 1.58 bits per heavy atom. The third kappa shape index (κ3) is 2.11. The second-order valence-corrected chi connectivity index (χ2v) is 4.02. The molecule has 2 nitrogen and oxygen atoms in total. The van der Waals surface area contributed by atoms with Crippen molar-refractivity contribution in [2.45, 2.75) is 26.3 Å². The van der Waals surface area contributed by atoms with Crippen LogP contribution in [0.2, 0.25) is 0 Å². The number of hydrogen-bond acceptors (Lipinski definition) is 1. The summed E-state index contributed by atoms with van der Waals surface area (Å²) in [6.07, 6.45) is 3.11. The van der Waals surface area contributed by atoms with E-state index in [2.05, 4.69) is 46.6 Å². The van der Waals surface area contributed by atoms with E-state index in [0.717, 1.165) is 11.0 Å². The Hall–Kier alpha value is -0.280. The van der Waals surface area contributed by atoms with Gasteiger partial charge >= 0.3 is 0 Å². The highest BCUT2D eigenvalue weighted by atomic mass is 79.9. The molecule has 0 aromatic carbocycles. The monoisotopic (exact) mass is 230 g/mol. The lowest BCUT2D eigenvalue weighted by atomic mass is 10.2. The zero-order valence-electron chi connectivity index (χ0n) is 7.55. The molecular formula is C9H15BrN2. The molecule has 1 aromatic rings. The Bertz CT molecular complexity index is 253. The lowest BCUT2D eigenvalue weighted by Crippen LogP contribution is -2.02. The van der Waals surface area contributed by atoms with E-state index in [1.54, 1.807) is 0 Å². The average Bonchev–Trinajstić information content (AvgIpc) is 2.32. The standard InChI is InChI=1S/C9H15BrN2/c1-7(2)12-6-8(3-4-11)5-9(12)10/h5-7H,3-4,11H2,1-2H3. The molecule has 0 aliphatic rings. The number of halogens is 1. The third-order valence-electron chi connectivity index (χ3n) is 1.85. The van der Waals surface area contributed by atoms with Gasteiger partial charge in [-0.25, -0.2) is 0 Å². The average molecular weight is 231 g/mol. The van der Waals surface area contributed by atoms with Gasteiger partial charge in [0.1, 0.15) is 0 Å². The van der Waals surface area contributed by atoms with Crippen LogP contribution in [0.5, 0.6) is 0 Å². The highest BCUT2D eigenvalue weighted by molar-refractivity contribution is 9.10. The van der Waals surface area contributed by atoms with Crippen molar-refractivity contribution < 1.29 is 0 Å². The first kappa shape index (κ1) is 9.81. The number of nitrogens with zero attached hydrogens (tertiary/aromatic N) is 1. The molecule has 0 bridgehead atoms. The lowest BCUT2D eigenvalue weighted by molar-refractivity contribution is 0.591. The summed E-state index contributed by atoms with van der Waals surface area (Å²) in [7, 11) is 0. The number of nitrogens with two attached hydrogens (primary N) is 1. The van der Waals surface area contributed by atoms with Crippen molar-refractivity contribution >= 4 is 15.9 Å². The predicted octanol–water partition coefficient (Wildman–Crippen LogP) is 2.33. The fourth-order valence-electron chi connectivity index (χ4n) is 1.20. The van der Waals surface area contributed by atoms with Crippen LogP contribution in [0.15, 0.2) is 16.9 Å². The molecule has 2 N–H and O–H groups in total. The van der Waals surface area contributed by atoms with E-state index in [0.29, 0.717) is 12.6 Å². The SMILES string of the molecule is CC(C)n1cc(CCN)cc1Br. The molecule has 12 heavy (non-hydrogen) atoms. The molecule has 0 radical (unpaired) electrons. The number of hydrogen-bond donors (Lipinski definition) is 1. The molecule has 1 heterocycles. The molecule has 0 saturated carbocycles. The second-order valence-electron chi connectivity index (χ2n) is 3.21. The first-order valence-electron chi connectivity index (χ1n) is 4.21. The van der Waals surface area contributed by atoms with E-state index in [-0.39, 0.29) is 0 Å². The summed E-state index contributed by atoms with van der Waals surface area (Å²) in [5, 5.41) is 0. The van der Waals surface area contributed by atoms with Gasteiger partial charge < -0.3 is 10.3 Å². The van der Waals surface area contributed by atoms with Gasteiger partial charge in [-0.1, -0.05) is 0 Å². The molecule has 1 rings (SSSR count). The Morgan fingerprint density at radius 2 is 2.25 bits per heavy atom. The van der Waals surface area contributed by atoms with Crippen LogP contribution in [-0.2, 0) is 6.42 Å². The van der Waals surface area contributed by atoms with Gasteiger partial charge in [-0.2, -0.15) is 0 Å². The van der Waals surface area contributed by atoms with Crippen LogP contribution in [-0.4, -0.2) is 11.1 Å². The molecular weight excluding hydrogens is 216 g/mol. The Labute approximate surface area is 81.9 Å². The minimum atomic E-state index is 0.505. The van der Waals surface area contributed by atoms with Crippen LogP contribution < -0.4 is 5.73 Å². The van der Waals surface area contributed by atoms with Gasteiger partial charge in [-0.3, -0.25) is 0 Å². The largest absolute Gasteiger partial charge is 0.340 e. The maximum atomic E-state index is 5.47. The summed E-state index contributed by atoms with van der Waals surface area (Å²) >= 11 is 3.51. The summed E-state index contributed by atoms with van der Waals surface area (Å²) in [6, 6.07) is 2.64. The van der Waals surface area contributed by atoms with Gasteiger partial charge in [-0.05, 0) is 54.4 Å². The van der Waals surface area contributed by atoms with Crippen LogP contribution in [0.4, 0.5) is 0 Å². The highest BCUT2D eigenvalue weighted by Gasteiger charge is 2.04. The molecule has 68 valence electrons. The maximum Gasteiger partial charge on any atom is 0.0851 e. The molecule has 0 unspecified atom stereocenters. The minimum absolute atomic E-state index is 0.505. The molecule has 0 aliphatic carbocycles. The van der Waals surface area contributed by atoms with E-state index >= 15 is 0 Å². The zero-order chi connectivity index (χ0) is 9.14. The second kappa shape index (κ2) is 4.10. The van der Waals surface area contributed by atoms with Crippen LogP contribution in [0, 0.1) is 0 Å². The topological polar surface area (TPSA) is 30.9 Å². The number of rotatable bonds is 3. The van der Waals surface area contributed by atoms with Crippen molar-refractivity contribution in [2.75, 3.05) is 6.54 Å². The van der Waals surface area contributed by atoms with E-state index in [1.807, 2.05) is 0 Å². The maximum absolute atomic E-state index is 5.47. The van der Waals surface area contributed by atoms with E-state index in [1.165, 1.54) is 5.56 Å². The van der Waals surface area contributed by atoms with Crippen molar-refractivity contribution in [2.24, 2.45) is 5.73 Å². The molecule has 0 aliphatic heterocycles. The summed E-state index contributed by atoms with van der Waals surface area (Å²) < 4.78 is 3.34. The fourth-order valence-corrected chi connectivity index (χ4v) is 2.01. The predicted molar refractivity (Wildman–Crippen MR) is 55.3 cm³/mol. The molecule has 0 fully saturated rings. The quantitative estimate of drug-likeness (QED) is 0.850. The molecule has 0 spiro atoms. The summed E-state index contributed by atoms with van der Waals surface area (Å²) in [5.74, 6) is 0. The van der Waals surface area contributed by atoms with Gasteiger partial charge in [0, 0.05) is 12.2 Å². The summed E-state index contributed by atoms with van der Waals surface area (Å²) in [5.41, 5.74) is 6.78. The molecule has 0 saturated heterocycles. The van der Waals surface area contributed by atoms with E-state index < -0.39 is 0 Å². The first-order valence-corrected chi connectivity index (χ1v) is 5.00. The smallest absolute Gasteiger partial charge is 0.0851 e. The van der Waals surface area contributed by atoms with Crippen molar-refractivity contribution in [1.29, 1.82) is 0 Å². The van der Waals surface area contributed by atoms with Crippen molar-refractivity contribution in [3.05, 3.63) is 22.4 Å². The Morgan fingerprint density at radius 3 is 2.67 bits per heavy atom. The van der Waals surface area contributed by atoms with Gasteiger partial charge in [-0.15, -0.1) is 0 Å². The lowest BCUT2D eigenvalue weighted by Gasteiger charge is -2.07. The van der Waals surface area contributed by atoms with E-state index in [4.69, 9.17) is 5.73 Å². The first-order chi connectivity index (χ1) is 5.65. The van der Waals surface area contributed by atoms with Gasteiger partial charge in [0.15, 0.2) is 0 Å². The van der Waals surface area contributed by atoms with Gasteiger partial charge in [0.05, 0.1) is 4.60 Å². The van der Waals surface area contributed by atoms with E-state index in [9.17, 15) is 0 Å². The molecule has 3 heteroatoms. The Balaban J connectivity index is 2.85. The third-order valence-corrected chi connectivity index (χ3v) is 2.48. The zero-order valence-corrected chi connectivity index (χ0v) is 9.13. The molecule has 0 atom stereocenters. The van der Waals surface area contributed by atoms with Gasteiger partial charge in [0.25, 0.3) is 0 Å². The summed E-state index contributed by atoms with van der Waals surface area (Å²) in [6.45, 7) is 5.04. The number of aromatic nitrogens is 1. The van der Waals surface area contributed by atoms with Gasteiger partial charge in [0.2, 0.25) is 0 Å². The summed E-state index contributed by atoms with van der Waals surface area (Å²) in [4.78, 5) is 0. The van der Waals surface area contributed by atoms with Crippen molar-refractivity contribution in [3.63, 3.8) is 0 Å². The van der Waals surface area contributed by atoms with Crippen LogP contribution >= 0.6 is 15.9 Å². The van der Waals surface area contributed by atoms with Crippen molar-refractivity contribution in [3.8, 4) is 0 Å². The fraction of sp³-hybridized carbons (Fsp3) is 0.556. The Kier molecular flexibility index (Phi) is 3.35. The van der Waals surface area contributed by atoms with Crippen LogP contribution in [0.3, 0.4) is 0 Å². The van der Waals surface area contributed by atoms with Crippen LogP contribution in [0.1, 0.15) is 25.5 Å². The normalized spacial score (nSPS) is 11.1. The molecule has 0 amide bonds. The molecule has 1 aromatic heterocycles.